The van der Waals surface area contributed by atoms with Gasteiger partial charge in [-0.05, 0) is 19.3 Å². The molecule has 2 N–H and O–H groups in total. The molecule has 1 rings (SSSR count). The molecule has 0 aromatic carbocycles. The number of oxazole rings is 1. The number of nitrogens with one attached hydrogen (secondary N) is 2. The molecule has 0 unspecified atom stereocenters. The van der Waals surface area contributed by atoms with E-state index in [1.807, 2.05) is 6.92 Å². The van der Waals surface area contributed by atoms with E-state index in [1.54, 1.807) is 6.20 Å². The van der Waals surface area contributed by atoms with Gasteiger partial charge >= 0.3 is 0 Å². The normalized spacial score (nSPS) is 10.8. The average Bonchev–Trinajstić information content (AvgIpc) is 2.63. The molecule has 1 aromatic heterocycles. The van der Waals surface area contributed by atoms with Gasteiger partial charge in [0.2, 0.25) is 11.8 Å². The maximum absolute atomic E-state index is 11.4. The van der Waals surface area contributed by atoms with Crippen molar-refractivity contribution in [3.8, 4) is 0 Å². The number of aromatic nitrogens is 1. The van der Waals surface area contributed by atoms with Crippen molar-refractivity contribution in [2.24, 2.45) is 5.92 Å². The first-order valence-corrected chi connectivity index (χ1v) is 5.96. The van der Waals surface area contributed by atoms with E-state index in [0.29, 0.717) is 24.9 Å². The third-order valence-corrected chi connectivity index (χ3v) is 2.27. The molecule has 96 valence electrons. The summed E-state index contributed by atoms with van der Waals surface area (Å²) in [7, 11) is 0. The Kier molecular flexibility index (Phi) is 5.69. The molecule has 0 saturated carbocycles. The van der Waals surface area contributed by atoms with Gasteiger partial charge in [-0.15, -0.1) is 0 Å². The first-order valence-electron chi connectivity index (χ1n) is 5.96. The molecular weight excluding hydrogens is 218 g/mol. The molecule has 1 amide bonds. The Balaban J connectivity index is 2.08. The SMILES string of the molecule is Cc1cnc(CNCC(=O)NCCC(C)C)o1. The molecule has 0 fully saturated rings. The van der Waals surface area contributed by atoms with Crippen LogP contribution in [0, 0.1) is 12.8 Å². The second-order valence-corrected chi connectivity index (χ2v) is 4.50. The van der Waals surface area contributed by atoms with Crippen LogP contribution in [0.1, 0.15) is 31.9 Å². The maximum Gasteiger partial charge on any atom is 0.233 e. The zero-order valence-corrected chi connectivity index (χ0v) is 10.7. The van der Waals surface area contributed by atoms with Gasteiger partial charge in [0.15, 0.2) is 0 Å². The van der Waals surface area contributed by atoms with Crippen LogP contribution in [0.15, 0.2) is 10.6 Å². The topological polar surface area (TPSA) is 67.2 Å². The third-order valence-electron chi connectivity index (χ3n) is 2.27. The van der Waals surface area contributed by atoms with Gasteiger partial charge in [0, 0.05) is 6.54 Å². The van der Waals surface area contributed by atoms with Gasteiger partial charge in [-0.3, -0.25) is 10.1 Å². The third kappa shape index (κ3) is 6.06. The number of hydrogen-bond donors (Lipinski definition) is 2. The Morgan fingerprint density at radius 2 is 2.29 bits per heavy atom. The highest BCUT2D eigenvalue weighted by atomic mass is 16.4. The number of hydrogen-bond acceptors (Lipinski definition) is 4. The van der Waals surface area contributed by atoms with Crippen molar-refractivity contribution in [3.63, 3.8) is 0 Å². The summed E-state index contributed by atoms with van der Waals surface area (Å²) in [5, 5.41) is 5.84. The van der Waals surface area contributed by atoms with E-state index in [-0.39, 0.29) is 5.91 Å². The zero-order valence-electron chi connectivity index (χ0n) is 10.7. The van der Waals surface area contributed by atoms with Crippen molar-refractivity contribution in [2.45, 2.75) is 33.7 Å². The number of aryl methyl sites for hydroxylation is 1. The molecule has 5 heteroatoms. The molecule has 1 heterocycles. The summed E-state index contributed by atoms with van der Waals surface area (Å²) in [6.07, 6.45) is 2.67. The maximum atomic E-state index is 11.4. The fourth-order valence-corrected chi connectivity index (χ4v) is 1.33. The lowest BCUT2D eigenvalue weighted by molar-refractivity contribution is -0.120. The molecule has 0 bridgehead atoms. The van der Waals surface area contributed by atoms with Gasteiger partial charge < -0.3 is 9.73 Å². The first kappa shape index (κ1) is 13.7. The molecule has 0 aliphatic heterocycles. The minimum absolute atomic E-state index is 0.00827. The monoisotopic (exact) mass is 239 g/mol. The fraction of sp³-hybridized carbons (Fsp3) is 0.667. The molecule has 0 radical (unpaired) electrons. The first-order chi connectivity index (χ1) is 8.08. The van der Waals surface area contributed by atoms with Crippen LogP contribution in [0.3, 0.4) is 0 Å². The van der Waals surface area contributed by atoms with E-state index in [9.17, 15) is 4.79 Å². The van der Waals surface area contributed by atoms with Gasteiger partial charge in [-0.1, -0.05) is 13.8 Å². The summed E-state index contributed by atoms with van der Waals surface area (Å²) < 4.78 is 5.27. The Labute approximate surface area is 102 Å². The lowest BCUT2D eigenvalue weighted by atomic mass is 10.1. The van der Waals surface area contributed by atoms with Gasteiger partial charge in [0.25, 0.3) is 0 Å². The van der Waals surface area contributed by atoms with E-state index in [1.165, 1.54) is 0 Å². The van der Waals surface area contributed by atoms with Crippen molar-refractivity contribution in [2.75, 3.05) is 13.1 Å². The summed E-state index contributed by atoms with van der Waals surface area (Å²) in [5.74, 6) is 2.01. The van der Waals surface area contributed by atoms with E-state index < -0.39 is 0 Å². The van der Waals surface area contributed by atoms with Crippen LogP contribution in [-0.4, -0.2) is 24.0 Å². The lowest BCUT2D eigenvalue weighted by Crippen LogP contribution is -2.34. The van der Waals surface area contributed by atoms with Crippen LogP contribution in [-0.2, 0) is 11.3 Å². The van der Waals surface area contributed by atoms with Crippen LogP contribution < -0.4 is 10.6 Å². The summed E-state index contributed by atoms with van der Waals surface area (Å²) in [6.45, 7) is 7.61. The number of rotatable bonds is 7. The Morgan fingerprint density at radius 3 is 2.88 bits per heavy atom. The second kappa shape index (κ2) is 7.06. The predicted molar refractivity (Wildman–Crippen MR) is 65.4 cm³/mol. The van der Waals surface area contributed by atoms with Crippen LogP contribution in [0.4, 0.5) is 0 Å². The van der Waals surface area contributed by atoms with Crippen molar-refractivity contribution in [3.05, 3.63) is 17.8 Å². The minimum atomic E-state index is 0.00827. The average molecular weight is 239 g/mol. The predicted octanol–water partition coefficient (Wildman–Crippen LogP) is 1.23. The summed E-state index contributed by atoms with van der Waals surface area (Å²) in [4.78, 5) is 15.4. The Bertz CT molecular complexity index is 347. The van der Waals surface area contributed by atoms with E-state index in [0.717, 1.165) is 18.7 Å². The molecule has 5 nitrogen and oxygen atoms in total. The number of carbonyl (C=O) groups is 1. The van der Waals surface area contributed by atoms with Crippen molar-refractivity contribution in [1.29, 1.82) is 0 Å². The number of nitrogens with zero attached hydrogens (tertiary/aromatic N) is 1. The van der Waals surface area contributed by atoms with Crippen molar-refractivity contribution >= 4 is 5.91 Å². The van der Waals surface area contributed by atoms with E-state index >= 15 is 0 Å². The summed E-state index contributed by atoms with van der Waals surface area (Å²) in [6, 6.07) is 0. The van der Waals surface area contributed by atoms with Crippen LogP contribution in [0.25, 0.3) is 0 Å². The smallest absolute Gasteiger partial charge is 0.233 e. The zero-order chi connectivity index (χ0) is 12.7. The molecule has 0 saturated heterocycles. The summed E-state index contributed by atoms with van der Waals surface area (Å²) in [5.41, 5.74) is 0. The summed E-state index contributed by atoms with van der Waals surface area (Å²) >= 11 is 0. The Morgan fingerprint density at radius 1 is 1.53 bits per heavy atom. The number of carbonyl (C=O) groups excluding carboxylic acids is 1. The largest absolute Gasteiger partial charge is 0.445 e. The van der Waals surface area contributed by atoms with Gasteiger partial charge in [-0.2, -0.15) is 0 Å². The van der Waals surface area contributed by atoms with E-state index in [2.05, 4.69) is 29.5 Å². The van der Waals surface area contributed by atoms with Gasteiger partial charge in [0.05, 0.1) is 19.3 Å². The van der Waals surface area contributed by atoms with Gasteiger partial charge in [0.1, 0.15) is 5.76 Å². The van der Waals surface area contributed by atoms with Crippen molar-refractivity contribution < 1.29 is 9.21 Å². The minimum Gasteiger partial charge on any atom is -0.445 e. The molecule has 0 aliphatic carbocycles. The fourth-order valence-electron chi connectivity index (χ4n) is 1.33. The quantitative estimate of drug-likeness (QED) is 0.751. The molecular formula is C12H21N3O2. The molecule has 0 atom stereocenters. The molecule has 17 heavy (non-hydrogen) atoms. The molecule has 1 aromatic rings. The highest BCUT2D eigenvalue weighted by Gasteiger charge is 2.03. The number of amides is 1. The lowest BCUT2D eigenvalue weighted by Gasteiger charge is -2.07. The van der Waals surface area contributed by atoms with Crippen LogP contribution in [0.2, 0.25) is 0 Å². The van der Waals surface area contributed by atoms with Crippen LogP contribution >= 0.6 is 0 Å². The molecule has 0 aliphatic rings. The van der Waals surface area contributed by atoms with Crippen LogP contribution in [0.5, 0.6) is 0 Å². The standard InChI is InChI=1S/C12H21N3O2/c1-9(2)4-5-14-11(16)7-13-8-12-15-6-10(3)17-12/h6,9,13H,4-5,7-8H2,1-3H3,(H,14,16). The second-order valence-electron chi connectivity index (χ2n) is 4.50. The van der Waals surface area contributed by atoms with E-state index in [4.69, 9.17) is 4.42 Å². The molecule has 0 spiro atoms. The Hall–Kier alpha value is -1.36. The van der Waals surface area contributed by atoms with Gasteiger partial charge in [-0.25, -0.2) is 4.98 Å². The van der Waals surface area contributed by atoms with Crippen molar-refractivity contribution in [1.82, 2.24) is 15.6 Å². The highest BCUT2D eigenvalue weighted by molar-refractivity contribution is 5.77. The highest BCUT2D eigenvalue weighted by Crippen LogP contribution is 2.00.